The van der Waals surface area contributed by atoms with Gasteiger partial charge in [-0.3, -0.25) is 13.5 Å². The summed E-state index contributed by atoms with van der Waals surface area (Å²) in [6.45, 7) is 28.1. The Bertz CT molecular complexity index is 2720. The van der Waals surface area contributed by atoms with Crippen molar-refractivity contribution in [1.82, 2.24) is 25.3 Å². The molecule has 5 aromatic rings. The van der Waals surface area contributed by atoms with E-state index in [2.05, 4.69) is 85.6 Å². The first-order valence-corrected chi connectivity index (χ1v) is 28.5. The van der Waals surface area contributed by atoms with E-state index in [1.54, 1.807) is 31.8 Å². The third-order valence-corrected chi connectivity index (χ3v) is 15.8. The zero-order chi connectivity index (χ0) is 56.2. The largest absolute Gasteiger partial charge is 2.00 e. The van der Waals surface area contributed by atoms with Gasteiger partial charge < -0.3 is 39.3 Å². The minimum absolute atomic E-state index is 0. The number of anilines is 1. The van der Waals surface area contributed by atoms with Crippen molar-refractivity contribution in [3.05, 3.63) is 175 Å². The van der Waals surface area contributed by atoms with Gasteiger partial charge in [0.2, 0.25) is 0 Å². The van der Waals surface area contributed by atoms with Gasteiger partial charge in [-0.1, -0.05) is 166 Å². The van der Waals surface area contributed by atoms with Gasteiger partial charge in [0.1, 0.15) is 17.5 Å². The van der Waals surface area contributed by atoms with Crippen molar-refractivity contribution in [2.75, 3.05) is 44.7 Å². The number of unbranched alkanes of at least 4 members (excludes halogenated alkanes) is 1. The second-order valence-electron chi connectivity index (χ2n) is 20.8. The fourth-order valence-corrected chi connectivity index (χ4v) is 11.9. The van der Waals surface area contributed by atoms with Gasteiger partial charge in [0.05, 0.1) is 5.02 Å². The Hall–Kier alpha value is -4.77. The van der Waals surface area contributed by atoms with Gasteiger partial charge in [-0.25, -0.2) is 8.78 Å². The maximum atomic E-state index is 16.0. The normalized spacial score (nSPS) is 15.1. The molecule has 1 fully saturated rings. The molecule has 0 radical (unpaired) electrons. The molecule has 14 heteroatoms. The molecule has 8 nitrogen and oxygen atoms in total. The van der Waals surface area contributed by atoms with Crippen molar-refractivity contribution in [3.8, 4) is 11.1 Å². The number of halogens is 5. The Balaban J connectivity index is 0.000000407. The molecule has 1 heterocycles. The summed E-state index contributed by atoms with van der Waals surface area (Å²) < 4.78 is 63.9. The Morgan fingerprint density at radius 1 is 0.899 bits per heavy atom. The van der Waals surface area contributed by atoms with Crippen molar-refractivity contribution >= 4 is 34.0 Å². The van der Waals surface area contributed by atoms with E-state index < -0.39 is 17.5 Å². The fraction of sp³-hybridized carbons (Fsp3) is 0.462. The number of nitrogens with one attached hydrogen (secondary N) is 2. The molecule has 3 atom stereocenters. The standard InChI is InChI=1S/C35H55F2N6.C28H28ClF2N.CH5N.CH3.Cd/c1-7-22-42(26-29(20-21-38-9-3)19-18-28-15-12-11-13-16-28)24-14-17-30-32(36)25-31-34(33(30)37)41(6)40-35(31)43(23-8-2)27(5)39-10-4;1-4-5-9-19-12-13-21(17(3)32)25(28(19)31)26-24-16(2)22(18-10-7-6-8-11-18)14-20(24)15-23(30)27(26)29;1-2;;/h9-10,17,25,28-29,38-39H,3-5,7-8,11-16,18-24,26H2,1-2,6H3;6-8,10-13,15-16,22H,3-5,9,14,32H2,1-2H3;2H2,1H3;1H3;/q-1;;;-1;+2. The van der Waals surface area contributed by atoms with Crippen LogP contribution in [0.4, 0.5) is 23.4 Å². The van der Waals surface area contributed by atoms with Gasteiger partial charge in [0, 0.05) is 71.6 Å². The molecule has 2 aliphatic carbocycles. The summed E-state index contributed by atoms with van der Waals surface area (Å²) in [6.07, 6.45) is 21.1. The average molecular weight is 1210 g/mol. The van der Waals surface area contributed by atoms with Crippen molar-refractivity contribution in [2.45, 2.75) is 136 Å². The van der Waals surface area contributed by atoms with E-state index in [9.17, 15) is 0 Å². The predicted molar refractivity (Wildman–Crippen MR) is 324 cm³/mol. The van der Waals surface area contributed by atoms with Gasteiger partial charge in [-0.2, -0.15) is 11.5 Å². The SMILES string of the molecule is C=C(N)c1ccc(CCCC)c(F)c1-c1c(Cl)c(F)cc2c1C(C)C(c1ccccc1)C2.C=CNCCC(CCC1CCCCC1)CN(CCC)CC[CH-]c1c(F)cc2c(N(CCC)C(=C)NC=C)nn(C)c2c1F.CN.[CH3-].[Cd+2]. The number of fused-ring (bicyclic) bond motifs is 2. The second kappa shape index (κ2) is 34.5. The van der Waals surface area contributed by atoms with Gasteiger partial charge in [-0.15, -0.1) is 5.56 Å². The van der Waals surface area contributed by atoms with E-state index in [1.165, 1.54) is 80.6 Å². The zero-order valence-electron chi connectivity index (χ0n) is 48.7. The van der Waals surface area contributed by atoms with Crippen LogP contribution in [0.15, 0.2) is 99.1 Å². The van der Waals surface area contributed by atoms with Crippen LogP contribution in [-0.4, -0.2) is 54.5 Å². The van der Waals surface area contributed by atoms with Crippen molar-refractivity contribution < 1.29 is 44.9 Å². The molecule has 0 spiro atoms. The molecule has 428 valence electrons. The van der Waals surface area contributed by atoms with E-state index in [-0.39, 0.29) is 79.7 Å². The topological polar surface area (TPSA) is 100 Å². The van der Waals surface area contributed by atoms with Gasteiger partial charge in [0.25, 0.3) is 0 Å². The molecule has 6 N–H and O–H groups in total. The van der Waals surface area contributed by atoms with E-state index in [4.69, 9.17) is 17.3 Å². The molecule has 1 saturated carbocycles. The molecule has 79 heavy (non-hydrogen) atoms. The third kappa shape index (κ3) is 17.6. The van der Waals surface area contributed by atoms with Crippen molar-refractivity contribution in [3.63, 3.8) is 0 Å². The van der Waals surface area contributed by atoms with Crippen LogP contribution in [0.1, 0.15) is 156 Å². The fourth-order valence-electron chi connectivity index (χ4n) is 11.6. The smallest absolute Gasteiger partial charge is 0.399 e. The summed E-state index contributed by atoms with van der Waals surface area (Å²) in [5.41, 5.74) is 15.8. The third-order valence-electron chi connectivity index (χ3n) is 15.4. The first kappa shape index (κ1) is 68.5. The van der Waals surface area contributed by atoms with Crippen LogP contribution in [-0.2, 0) is 47.2 Å². The summed E-state index contributed by atoms with van der Waals surface area (Å²) in [4.78, 5) is 4.32. The number of hydrogen-bond acceptors (Lipinski definition) is 7. The molecule has 0 saturated heterocycles. The van der Waals surface area contributed by atoms with Crippen molar-refractivity contribution in [1.29, 1.82) is 0 Å². The molecule has 1 aromatic heterocycles. The zero-order valence-corrected chi connectivity index (χ0v) is 53.5. The molecule has 2 aliphatic rings. The van der Waals surface area contributed by atoms with Gasteiger partial charge >= 0.3 is 27.3 Å². The Morgan fingerprint density at radius 2 is 1.59 bits per heavy atom. The minimum atomic E-state index is -0.571. The monoisotopic (exact) mass is 1210 g/mol. The Kier molecular flexibility index (Phi) is 29.9. The summed E-state index contributed by atoms with van der Waals surface area (Å²) in [5.74, 6) is 0.644. The maximum Gasteiger partial charge on any atom is 2.00 e. The number of aromatic nitrogens is 2. The number of nitrogens with two attached hydrogens (primary N) is 2. The summed E-state index contributed by atoms with van der Waals surface area (Å²) in [6, 6.07) is 16.6. The quantitative estimate of drug-likeness (QED) is 0.0180. The van der Waals surface area contributed by atoms with Gasteiger partial charge in [-0.05, 0) is 129 Å². The average Bonchev–Trinajstić information content (AvgIpc) is 4.11. The number of hydrogen-bond donors (Lipinski definition) is 4. The molecular weight excluding hydrogens is 1120 g/mol. The molecule has 4 aromatic carbocycles. The summed E-state index contributed by atoms with van der Waals surface area (Å²) >= 11 is 6.56. The predicted octanol–water partition coefficient (Wildman–Crippen LogP) is 16.0. The van der Waals surface area contributed by atoms with E-state index in [0.29, 0.717) is 65.4 Å². The van der Waals surface area contributed by atoms with E-state index in [0.717, 1.165) is 75.3 Å². The van der Waals surface area contributed by atoms with Crippen LogP contribution in [0, 0.1) is 49.0 Å². The Morgan fingerprint density at radius 3 is 2.23 bits per heavy atom. The van der Waals surface area contributed by atoms with Crippen LogP contribution in [0.5, 0.6) is 0 Å². The number of rotatable bonds is 27. The molecule has 7 rings (SSSR count). The second-order valence-corrected chi connectivity index (χ2v) is 21.2. The maximum absolute atomic E-state index is 16.0. The molecule has 3 unspecified atom stereocenters. The Labute approximate surface area is 497 Å². The van der Waals surface area contributed by atoms with Crippen LogP contribution >= 0.6 is 11.6 Å². The van der Waals surface area contributed by atoms with Gasteiger partial charge in [0.15, 0.2) is 5.82 Å². The first-order valence-electron chi connectivity index (χ1n) is 28.2. The number of nitrogens with zero attached hydrogens (tertiary/aromatic N) is 4. The van der Waals surface area contributed by atoms with E-state index in [1.807, 2.05) is 30.0 Å². The van der Waals surface area contributed by atoms with Crippen LogP contribution in [0.3, 0.4) is 0 Å². The van der Waals surface area contributed by atoms with E-state index >= 15 is 17.6 Å². The number of benzene rings is 4. The van der Waals surface area contributed by atoms with Crippen LogP contribution in [0.2, 0.25) is 5.02 Å². The summed E-state index contributed by atoms with van der Waals surface area (Å²) in [7, 11) is 3.20. The number of aryl methyl sites for hydroxylation is 2. The van der Waals surface area contributed by atoms with Crippen LogP contribution in [0.25, 0.3) is 27.7 Å². The summed E-state index contributed by atoms with van der Waals surface area (Å²) in [5, 5.41) is 11.2. The molecule has 0 aliphatic heterocycles. The first-order chi connectivity index (χ1) is 37.2. The molecular formula is C65H91CdClF4N8. The van der Waals surface area contributed by atoms with Crippen molar-refractivity contribution in [2.24, 2.45) is 30.4 Å². The van der Waals surface area contributed by atoms with Crippen LogP contribution < -0.4 is 27.0 Å². The molecule has 0 bridgehead atoms. The molecule has 0 amide bonds. The minimum Gasteiger partial charge on any atom is -0.399 e.